The number of hydrogen-bond acceptors (Lipinski definition) is 4. The molecular weight excluding hydrogens is 380 g/mol. The quantitative estimate of drug-likeness (QED) is 0.805. The second kappa shape index (κ2) is 7.49. The van der Waals surface area contributed by atoms with Crippen molar-refractivity contribution in [2.24, 2.45) is 0 Å². The highest BCUT2D eigenvalue weighted by Gasteiger charge is 2.37. The van der Waals surface area contributed by atoms with Crippen molar-refractivity contribution in [1.82, 2.24) is 10.3 Å². The first kappa shape index (κ1) is 19.2. The van der Waals surface area contributed by atoms with Crippen LogP contribution in [0.2, 0.25) is 0 Å². The van der Waals surface area contributed by atoms with E-state index in [-0.39, 0.29) is 17.1 Å². The molecule has 1 saturated carbocycles. The van der Waals surface area contributed by atoms with Crippen molar-refractivity contribution in [2.45, 2.75) is 57.3 Å². The van der Waals surface area contributed by atoms with Crippen molar-refractivity contribution in [2.75, 3.05) is 19.8 Å². The number of fused-ring (bicyclic) bond motifs is 2. The number of H-pyrrole nitrogens is 1. The zero-order valence-corrected chi connectivity index (χ0v) is 17.4. The minimum absolute atomic E-state index is 0.0958. The van der Waals surface area contributed by atoms with Gasteiger partial charge in [-0.15, -0.1) is 0 Å². The minimum atomic E-state index is -0.126. The number of Topliss-reactive ketones (excluding diaryl/α,β-unsaturated/α-hetero) is 1. The maximum Gasteiger partial charge on any atom is 0.268 e. The fourth-order valence-corrected chi connectivity index (χ4v) is 5.33. The van der Waals surface area contributed by atoms with Gasteiger partial charge in [0.05, 0.1) is 0 Å². The number of aryl methyl sites for hydroxylation is 1. The summed E-state index contributed by atoms with van der Waals surface area (Å²) < 4.78 is 11.5. The predicted octanol–water partition coefficient (Wildman–Crippen LogP) is 3.86. The van der Waals surface area contributed by atoms with Crippen molar-refractivity contribution < 1.29 is 19.1 Å². The van der Waals surface area contributed by atoms with Crippen molar-refractivity contribution >= 4 is 11.7 Å². The molecule has 6 nitrogen and oxygen atoms in total. The molecular formula is C24H28N2O4. The van der Waals surface area contributed by atoms with Gasteiger partial charge in [0.15, 0.2) is 17.3 Å². The highest BCUT2D eigenvalue weighted by Crippen LogP contribution is 2.44. The van der Waals surface area contributed by atoms with Crippen LogP contribution in [0.5, 0.6) is 11.5 Å². The lowest BCUT2D eigenvalue weighted by Crippen LogP contribution is -2.39. The van der Waals surface area contributed by atoms with Crippen LogP contribution in [0.4, 0.5) is 0 Å². The van der Waals surface area contributed by atoms with Gasteiger partial charge in [-0.25, -0.2) is 0 Å². The Morgan fingerprint density at radius 2 is 1.87 bits per heavy atom. The number of hydrogen-bond donors (Lipinski definition) is 2. The second-order valence-corrected chi connectivity index (χ2v) is 8.78. The molecule has 1 aliphatic heterocycles. The van der Waals surface area contributed by atoms with Crippen LogP contribution in [0.25, 0.3) is 0 Å². The Morgan fingerprint density at radius 1 is 1.10 bits per heavy atom. The molecule has 2 aliphatic carbocycles. The molecule has 6 heteroatoms. The maximum atomic E-state index is 13.1. The number of aromatic nitrogens is 1. The summed E-state index contributed by atoms with van der Waals surface area (Å²) in [4.78, 5) is 28.6. The molecule has 0 atom stereocenters. The molecule has 0 bridgehead atoms. The van der Waals surface area contributed by atoms with Gasteiger partial charge in [-0.05, 0) is 55.9 Å². The molecule has 5 rings (SSSR count). The molecule has 1 aromatic heterocycles. The van der Waals surface area contributed by atoms with Crippen LogP contribution in [0, 0.1) is 6.92 Å². The van der Waals surface area contributed by atoms with Gasteiger partial charge in [0.25, 0.3) is 5.91 Å². The van der Waals surface area contributed by atoms with Crippen LogP contribution in [0.3, 0.4) is 0 Å². The van der Waals surface area contributed by atoms with Gasteiger partial charge in [0.2, 0.25) is 0 Å². The van der Waals surface area contributed by atoms with E-state index in [1.807, 2.05) is 13.0 Å². The Labute approximate surface area is 176 Å². The summed E-state index contributed by atoms with van der Waals surface area (Å²) in [6.07, 6.45) is 6.61. The summed E-state index contributed by atoms with van der Waals surface area (Å²) >= 11 is 0. The van der Waals surface area contributed by atoms with Gasteiger partial charge in [-0.1, -0.05) is 18.9 Å². The summed E-state index contributed by atoms with van der Waals surface area (Å²) in [5, 5.41) is 3.17. The number of nitrogens with one attached hydrogen (secondary N) is 2. The third-order valence-corrected chi connectivity index (χ3v) is 6.97. The number of carbonyl (C=O) groups is 2. The smallest absolute Gasteiger partial charge is 0.268 e. The molecule has 0 unspecified atom stereocenters. The van der Waals surface area contributed by atoms with E-state index in [0.717, 1.165) is 66.8 Å². The van der Waals surface area contributed by atoms with Gasteiger partial charge < -0.3 is 19.8 Å². The average Bonchev–Trinajstić information content (AvgIpc) is 3.38. The number of aromatic amines is 1. The van der Waals surface area contributed by atoms with E-state index < -0.39 is 0 Å². The molecule has 0 saturated heterocycles. The lowest BCUT2D eigenvalue weighted by Gasteiger charge is -2.31. The standard InChI is InChI=1S/C24H28N2O4/c1-15-21-17(5-4-6-18(21)27)26-22(15)23(28)25-14-24(9-2-3-10-24)16-7-8-19-20(13-16)30-12-11-29-19/h7-8,13,26H,2-6,9-12,14H2,1H3,(H,25,28). The molecule has 1 aromatic carbocycles. The fraction of sp³-hybridized carbons (Fsp3) is 0.500. The zero-order chi connectivity index (χ0) is 20.7. The molecule has 2 heterocycles. The van der Waals surface area contributed by atoms with Crippen molar-refractivity contribution in [1.29, 1.82) is 0 Å². The molecule has 1 amide bonds. The summed E-state index contributed by atoms with van der Waals surface area (Å²) in [7, 11) is 0. The first-order valence-electron chi connectivity index (χ1n) is 11.0. The molecule has 158 valence electrons. The van der Waals surface area contributed by atoms with E-state index in [1.165, 1.54) is 5.56 Å². The van der Waals surface area contributed by atoms with Gasteiger partial charge in [-0.3, -0.25) is 9.59 Å². The van der Waals surface area contributed by atoms with Crippen molar-refractivity contribution in [3.63, 3.8) is 0 Å². The summed E-state index contributed by atoms with van der Waals surface area (Å²) in [5.41, 5.74) is 4.06. The second-order valence-electron chi connectivity index (χ2n) is 8.78. The van der Waals surface area contributed by atoms with Crippen molar-refractivity contribution in [3.8, 4) is 11.5 Å². The molecule has 3 aliphatic rings. The van der Waals surface area contributed by atoms with Crippen LogP contribution in [-0.4, -0.2) is 36.4 Å². The molecule has 1 fully saturated rings. The SMILES string of the molecule is Cc1c(C(=O)NCC2(c3ccc4c(c3)OCCO4)CCCC2)[nH]c2c1C(=O)CCC2. The van der Waals surface area contributed by atoms with E-state index in [4.69, 9.17) is 9.47 Å². The predicted molar refractivity (Wildman–Crippen MR) is 113 cm³/mol. The van der Waals surface area contributed by atoms with Crippen LogP contribution in [0.1, 0.15) is 76.2 Å². The highest BCUT2D eigenvalue weighted by atomic mass is 16.6. The van der Waals surface area contributed by atoms with Gasteiger partial charge >= 0.3 is 0 Å². The van der Waals surface area contributed by atoms with Gasteiger partial charge in [0, 0.05) is 29.6 Å². The molecule has 2 N–H and O–H groups in total. The monoisotopic (exact) mass is 408 g/mol. The van der Waals surface area contributed by atoms with Crippen LogP contribution >= 0.6 is 0 Å². The van der Waals surface area contributed by atoms with Crippen LogP contribution in [-0.2, 0) is 11.8 Å². The number of amides is 1. The molecule has 30 heavy (non-hydrogen) atoms. The maximum absolute atomic E-state index is 13.1. The Hall–Kier alpha value is -2.76. The normalized spacial score (nSPS) is 19.4. The number of carbonyl (C=O) groups excluding carboxylic acids is 2. The summed E-state index contributed by atoms with van der Waals surface area (Å²) in [5.74, 6) is 1.60. The van der Waals surface area contributed by atoms with E-state index in [1.54, 1.807) is 0 Å². The Morgan fingerprint density at radius 3 is 2.63 bits per heavy atom. The van der Waals surface area contributed by atoms with Crippen molar-refractivity contribution in [3.05, 3.63) is 46.3 Å². The van der Waals surface area contributed by atoms with Crippen LogP contribution < -0.4 is 14.8 Å². The number of ether oxygens (including phenoxy) is 2. The van der Waals surface area contributed by atoms with E-state index in [0.29, 0.717) is 31.9 Å². The van der Waals surface area contributed by atoms with E-state index >= 15 is 0 Å². The Balaban J connectivity index is 1.38. The van der Waals surface area contributed by atoms with Crippen LogP contribution in [0.15, 0.2) is 18.2 Å². The third-order valence-electron chi connectivity index (χ3n) is 6.97. The third kappa shape index (κ3) is 3.18. The lowest BCUT2D eigenvalue weighted by molar-refractivity contribution is 0.0937. The minimum Gasteiger partial charge on any atom is -0.486 e. The average molecular weight is 408 g/mol. The first-order chi connectivity index (χ1) is 14.6. The summed E-state index contributed by atoms with van der Waals surface area (Å²) in [6.45, 7) is 3.59. The number of benzene rings is 1. The number of ketones is 1. The number of rotatable bonds is 4. The molecule has 0 spiro atoms. The fourth-order valence-electron chi connectivity index (χ4n) is 5.33. The van der Waals surface area contributed by atoms with Gasteiger partial charge in [0.1, 0.15) is 18.9 Å². The first-order valence-corrected chi connectivity index (χ1v) is 11.0. The highest BCUT2D eigenvalue weighted by molar-refractivity contribution is 6.04. The van der Waals surface area contributed by atoms with E-state index in [2.05, 4.69) is 22.4 Å². The Kier molecular flexibility index (Phi) is 4.80. The topological polar surface area (TPSA) is 80.4 Å². The zero-order valence-electron chi connectivity index (χ0n) is 17.4. The molecule has 2 aromatic rings. The van der Waals surface area contributed by atoms with E-state index in [9.17, 15) is 9.59 Å². The Bertz CT molecular complexity index is 1000. The molecule has 0 radical (unpaired) electrons. The largest absolute Gasteiger partial charge is 0.486 e. The lowest BCUT2D eigenvalue weighted by atomic mass is 9.78. The van der Waals surface area contributed by atoms with Gasteiger partial charge in [-0.2, -0.15) is 0 Å². The summed E-state index contributed by atoms with van der Waals surface area (Å²) in [6, 6.07) is 6.19.